The number of carbonyl (C=O) groups is 4. The quantitative estimate of drug-likeness (QED) is 0.448. The summed E-state index contributed by atoms with van der Waals surface area (Å²) >= 11 is 5.72. The number of halogens is 3. The van der Waals surface area contributed by atoms with Crippen molar-refractivity contribution >= 4 is 82.4 Å². The third kappa shape index (κ3) is 4.19. The van der Waals surface area contributed by atoms with E-state index in [4.69, 9.17) is 58.8 Å². The molecule has 0 saturated carbocycles. The molecule has 1 N–H and O–H groups in total. The van der Waals surface area contributed by atoms with Crippen molar-refractivity contribution < 1.29 is 28.0 Å². The van der Waals surface area contributed by atoms with Crippen LogP contribution < -0.4 is 5.32 Å². The van der Waals surface area contributed by atoms with E-state index in [0.29, 0.717) is 0 Å². The van der Waals surface area contributed by atoms with Gasteiger partial charge in [0.25, 0.3) is 11.8 Å². The van der Waals surface area contributed by atoms with Gasteiger partial charge in [-0.15, -0.1) is 0 Å². The van der Waals surface area contributed by atoms with Crippen LogP contribution in [-0.2, 0) is 26.9 Å². The van der Waals surface area contributed by atoms with Gasteiger partial charge in [-0.1, -0.05) is 41.7 Å². The van der Waals surface area contributed by atoms with E-state index in [0.717, 1.165) is 17.0 Å². The largest absolute Gasteiger partial charge is 0.393 e. The summed E-state index contributed by atoms with van der Waals surface area (Å²) in [7, 11) is 35.4. The summed E-state index contributed by atoms with van der Waals surface area (Å²) in [6.45, 7) is -0.309. The molecule has 3 atom stereocenters. The van der Waals surface area contributed by atoms with Crippen LogP contribution >= 0.6 is 11.6 Å². The van der Waals surface area contributed by atoms with Gasteiger partial charge < -0.3 is 9.71 Å². The number of benzene rings is 2. The van der Waals surface area contributed by atoms with E-state index in [1.807, 2.05) is 5.32 Å². The van der Waals surface area contributed by atoms with E-state index < -0.39 is 57.5 Å². The summed E-state index contributed by atoms with van der Waals surface area (Å²) < 4.78 is 29.6. The number of rotatable bonds is 5. The Kier molecular flexibility index (Phi) is 6.92. The molecule has 16 heteroatoms. The molecule has 38 heavy (non-hydrogen) atoms. The molecular formula is C22H12B6ClF2N3O4. The molecule has 2 aromatic rings. The molecule has 1 saturated heterocycles. The Balaban J connectivity index is 1.60. The zero-order valence-corrected chi connectivity index (χ0v) is 20.3. The van der Waals surface area contributed by atoms with E-state index >= 15 is 0 Å². The summed E-state index contributed by atoms with van der Waals surface area (Å²) in [6.07, 6.45) is 0. The predicted molar refractivity (Wildman–Crippen MR) is 138 cm³/mol. The summed E-state index contributed by atoms with van der Waals surface area (Å²) in [6, 6.07) is 8.28. The molecule has 7 nitrogen and oxygen atoms in total. The molecule has 2 unspecified atom stereocenters. The number of amides is 4. The maximum Gasteiger partial charge on any atom is 0.348 e. The normalized spacial score (nSPS) is 23.5. The van der Waals surface area contributed by atoms with Crippen molar-refractivity contribution in [2.24, 2.45) is 0 Å². The van der Waals surface area contributed by atoms with Crippen LogP contribution in [0.15, 0.2) is 42.5 Å². The number of piperidine rings is 1. The van der Waals surface area contributed by atoms with Crippen molar-refractivity contribution in [1.29, 1.82) is 0 Å². The summed E-state index contributed by atoms with van der Waals surface area (Å²) in [5.74, 6) is -12.0. The number of alkyl halides is 2. The average Bonchev–Trinajstić information content (AvgIpc) is 3.21. The Morgan fingerprint density at radius 3 is 2.32 bits per heavy atom. The van der Waals surface area contributed by atoms with Crippen LogP contribution in [0.4, 0.5) is 8.78 Å². The van der Waals surface area contributed by atoms with Crippen LogP contribution in [0.25, 0.3) is 0 Å². The minimum Gasteiger partial charge on any atom is -0.393 e. The highest BCUT2D eigenvalue weighted by Gasteiger charge is 2.57. The lowest BCUT2D eigenvalue weighted by Crippen LogP contribution is -2.70. The van der Waals surface area contributed by atoms with Gasteiger partial charge in [-0.25, -0.2) is 0 Å². The van der Waals surface area contributed by atoms with Crippen molar-refractivity contribution in [3.63, 3.8) is 0 Å². The first kappa shape index (κ1) is 28.1. The van der Waals surface area contributed by atoms with Crippen LogP contribution in [0, 0.1) is 0 Å². The van der Waals surface area contributed by atoms with E-state index in [9.17, 15) is 28.0 Å². The molecule has 178 valence electrons. The predicted octanol–water partition coefficient (Wildman–Crippen LogP) is 0.0984. The Labute approximate surface area is 229 Å². The first-order valence-corrected chi connectivity index (χ1v) is 11.3. The van der Waals surface area contributed by atoms with Gasteiger partial charge >= 0.3 is 5.92 Å². The monoisotopic (exact) mass is 521 g/mol. The van der Waals surface area contributed by atoms with E-state index in [2.05, 4.69) is 0 Å². The Morgan fingerprint density at radius 2 is 1.71 bits per heavy atom. The maximum atomic E-state index is 14.8. The number of hydrogen-bond acceptors (Lipinski definition) is 4. The van der Waals surface area contributed by atoms with Crippen LogP contribution in [0.1, 0.15) is 33.0 Å². The lowest BCUT2D eigenvalue weighted by molar-refractivity contribution is -0.154. The minimum absolute atomic E-state index is 0.0729. The van der Waals surface area contributed by atoms with Gasteiger partial charge in [0.2, 0.25) is 19.8 Å². The molecule has 2 aliphatic rings. The van der Waals surface area contributed by atoms with Crippen molar-refractivity contribution in [3.05, 3.63) is 69.7 Å². The minimum atomic E-state index is -4.02. The fourth-order valence-electron chi connectivity index (χ4n) is 4.30. The molecule has 0 bridgehead atoms. The van der Waals surface area contributed by atoms with Crippen LogP contribution in [0.3, 0.4) is 0 Å². The number of hydrogen-bond donors (Lipinski definition) is 1. The van der Waals surface area contributed by atoms with Crippen molar-refractivity contribution in [2.75, 3.05) is 0 Å². The van der Waals surface area contributed by atoms with Gasteiger partial charge in [-0.3, -0.25) is 24.5 Å². The molecule has 2 aliphatic heterocycles. The van der Waals surface area contributed by atoms with Gasteiger partial charge in [-0.05, 0) is 34.5 Å². The number of imide groups is 1. The highest BCUT2D eigenvalue weighted by Crippen LogP contribution is 2.47. The first-order chi connectivity index (χ1) is 17.5. The second-order valence-corrected chi connectivity index (χ2v) is 9.50. The molecule has 12 radical (unpaired) electrons. The van der Waals surface area contributed by atoms with Crippen molar-refractivity contribution in [1.82, 2.24) is 15.0 Å². The SMILES string of the molecule is [B]C(c1ccc2c(c1)CN([C@@]1([B])C(=O)NC(=O)C([B])([B])C1[B])C2=O)N([B])C(=O)C(F)(F)c1ccc(Cl)cc1. The summed E-state index contributed by atoms with van der Waals surface area (Å²) in [4.78, 5) is 51.4. The number of fused-ring (bicyclic) bond motifs is 1. The first-order valence-electron chi connectivity index (χ1n) is 10.9. The van der Waals surface area contributed by atoms with Gasteiger partial charge in [0, 0.05) is 28.6 Å². The second-order valence-electron chi connectivity index (χ2n) is 9.07. The molecule has 0 spiro atoms. The van der Waals surface area contributed by atoms with Gasteiger partial charge in [-0.2, -0.15) is 8.78 Å². The highest BCUT2D eigenvalue weighted by atomic mass is 35.5. The van der Waals surface area contributed by atoms with E-state index in [1.54, 1.807) is 0 Å². The van der Waals surface area contributed by atoms with Gasteiger partial charge in [0.05, 0.1) is 29.0 Å². The summed E-state index contributed by atoms with van der Waals surface area (Å²) in [5, 5.41) is -0.165. The lowest BCUT2D eigenvalue weighted by Gasteiger charge is -2.52. The molecule has 0 aliphatic carbocycles. The van der Waals surface area contributed by atoms with Crippen molar-refractivity contribution in [3.8, 4) is 0 Å². The van der Waals surface area contributed by atoms with E-state index in [1.165, 1.54) is 30.3 Å². The Morgan fingerprint density at radius 1 is 1.11 bits per heavy atom. The van der Waals surface area contributed by atoms with E-state index in [-0.39, 0.29) is 33.1 Å². The van der Waals surface area contributed by atoms with Crippen LogP contribution in [0.2, 0.25) is 16.1 Å². The third-order valence-corrected chi connectivity index (χ3v) is 6.96. The Hall–Kier alpha value is -2.94. The Bertz CT molecular complexity index is 1370. The molecule has 2 aromatic carbocycles. The number of carbonyl (C=O) groups excluding carboxylic acids is 4. The molecule has 2 heterocycles. The molecule has 0 aromatic heterocycles. The van der Waals surface area contributed by atoms with Gasteiger partial charge in [0.1, 0.15) is 15.7 Å². The van der Waals surface area contributed by atoms with Crippen molar-refractivity contribution in [2.45, 2.75) is 34.9 Å². The smallest absolute Gasteiger partial charge is 0.348 e. The topological polar surface area (TPSA) is 86.8 Å². The zero-order valence-electron chi connectivity index (χ0n) is 19.5. The highest BCUT2D eigenvalue weighted by molar-refractivity contribution is 6.58. The number of nitrogens with zero attached hydrogens (tertiary/aromatic N) is 2. The molecule has 4 rings (SSSR count). The zero-order chi connectivity index (χ0) is 28.4. The van der Waals surface area contributed by atoms with Crippen LogP contribution in [-0.4, -0.2) is 86.0 Å². The summed E-state index contributed by atoms with van der Waals surface area (Å²) in [5.41, 5.74) is -2.54. The lowest BCUT2D eigenvalue weighted by atomic mass is 9.35. The molecular weight excluding hydrogens is 509 g/mol. The number of nitrogens with one attached hydrogen (secondary N) is 1. The average molecular weight is 521 g/mol. The molecule has 1 fully saturated rings. The molecule has 4 amide bonds. The van der Waals surface area contributed by atoms with Crippen LogP contribution in [0.5, 0.6) is 0 Å². The fraction of sp³-hybridized carbons (Fsp3) is 0.273. The second kappa shape index (κ2) is 9.36. The maximum absolute atomic E-state index is 14.8. The third-order valence-electron chi connectivity index (χ3n) is 6.70. The standard InChI is InChI=1S/C22H12B6ClF2N3O4/c23-14(34(28)19(38)22(30,31)11-2-4-12(29)5-3-11)9-1-6-13-10(7-9)8-33(15(13)35)21(27)16(24)20(25,26)17(36)32-18(21)37/h1-7,14,16H,8H2,(H,32,36,37)/t14?,16?,21-/m1/s1. The van der Waals surface area contributed by atoms with Gasteiger partial charge in [0.15, 0.2) is 0 Å². The fourth-order valence-corrected chi connectivity index (χ4v) is 4.43.